The molecule has 0 radical (unpaired) electrons. The van der Waals surface area contributed by atoms with E-state index in [1.54, 1.807) is 4.90 Å². The van der Waals surface area contributed by atoms with Crippen molar-refractivity contribution < 1.29 is 4.79 Å². The molecule has 5 heteroatoms. The van der Waals surface area contributed by atoms with Crippen LogP contribution < -0.4 is 5.32 Å². The molecule has 0 bridgehead atoms. The molecule has 1 saturated carbocycles. The van der Waals surface area contributed by atoms with Crippen LogP contribution in [-0.4, -0.2) is 79.6 Å². The van der Waals surface area contributed by atoms with Crippen LogP contribution in [0.3, 0.4) is 0 Å². The van der Waals surface area contributed by atoms with Crippen molar-refractivity contribution in [1.29, 1.82) is 0 Å². The number of piperidine rings is 1. The molecule has 2 aliphatic rings. The highest BCUT2D eigenvalue weighted by atomic mass is 16.2. The Kier molecular flexibility index (Phi) is 5.27. The summed E-state index contributed by atoms with van der Waals surface area (Å²) >= 11 is 0. The van der Waals surface area contributed by atoms with Crippen LogP contribution in [0.15, 0.2) is 0 Å². The van der Waals surface area contributed by atoms with E-state index in [0.717, 1.165) is 38.5 Å². The van der Waals surface area contributed by atoms with Crippen molar-refractivity contribution in [2.75, 3.05) is 40.8 Å². The lowest BCUT2D eigenvalue weighted by Crippen LogP contribution is -2.50. The first-order valence-corrected chi connectivity index (χ1v) is 7.90. The van der Waals surface area contributed by atoms with Crippen molar-refractivity contribution >= 4 is 6.03 Å². The van der Waals surface area contributed by atoms with E-state index in [-0.39, 0.29) is 6.03 Å². The molecular weight excluding hydrogens is 252 g/mol. The lowest BCUT2D eigenvalue weighted by molar-refractivity contribution is 0.150. The zero-order valence-electron chi connectivity index (χ0n) is 13.4. The van der Waals surface area contributed by atoms with Gasteiger partial charge in [-0.05, 0) is 39.7 Å². The Balaban J connectivity index is 1.65. The van der Waals surface area contributed by atoms with Crippen LogP contribution in [0, 0.1) is 0 Å². The Bertz CT molecular complexity index is 322. The van der Waals surface area contributed by atoms with Crippen molar-refractivity contribution in [1.82, 2.24) is 20.0 Å². The molecule has 0 aromatic carbocycles. The number of likely N-dealkylation sites (tertiary alicyclic amines) is 1. The lowest BCUT2D eigenvalue weighted by atomic mass is 10.0. The summed E-state index contributed by atoms with van der Waals surface area (Å²) in [6, 6.07) is 2.14. The number of carbonyl (C=O) groups is 1. The Morgan fingerprint density at radius 3 is 2.30 bits per heavy atom. The minimum Gasteiger partial charge on any atom is -0.331 e. The number of amides is 2. The third-order valence-corrected chi connectivity index (χ3v) is 4.67. The molecule has 20 heavy (non-hydrogen) atoms. The maximum absolute atomic E-state index is 11.9. The Hall–Kier alpha value is -0.810. The van der Waals surface area contributed by atoms with Crippen molar-refractivity contribution in [3.63, 3.8) is 0 Å². The van der Waals surface area contributed by atoms with Gasteiger partial charge in [0, 0.05) is 51.9 Å². The molecule has 5 nitrogen and oxygen atoms in total. The average Bonchev–Trinajstić information content (AvgIpc) is 3.28. The quantitative estimate of drug-likeness (QED) is 0.824. The normalized spacial score (nSPS) is 22.1. The first-order valence-electron chi connectivity index (χ1n) is 7.90. The molecule has 1 unspecified atom stereocenters. The monoisotopic (exact) mass is 282 g/mol. The van der Waals surface area contributed by atoms with Crippen LogP contribution >= 0.6 is 0 Å². The molecule has 2 amide bonds. The molecule has 1 N–H and O–H groups in total. The van der Waals surface area contributed by atoms with Gasteiger partial charge in [0.2, 0.25) is 0 Å². The first kappa shape index (κ1) is 15.6. The Morgan fingerprint density at radius 2 is 1.80 bits per heavy atom. The second-order valence-electron chi connectivity index (χ2n) is 6.59. The average molecular weight is 282 g/mol. The van der Waals surface area contributed by atoms with Gasteiger partial charge in [-0.1, -0.05) is 0 Å². The largest absolute Gasteiger partial charge is 0.331 e. The molecule has 1 atom stereocenters. The fourth-order valence-corrected chi connectivity index (χ4v) is 2.88. The lowest BCUT2D eigenvalue weighted by Gasteiger charge is -2.35. The number of urea groups is 1. The molecule has 1 aliphatic heterocycles. The molecule has 2 rings (SSSR count). The molecule has 1 heterocycles. The molecule has 2 fully saturated rings. The summed E-state index contributed by atoms with van der Waals surface area (Å²) in [7, 11) is 5.88. The van der Waals surface area contributed by atoms with Crippen molar-refractivity contribution in [3.05, 3.63) is 0 Å². The van der Waals surface area contributed by atoms with E-state index in [4.69, 9.17) is 0 Å². The molecule has 0 spiro atoms. The van der Waals surface area contributed by atoms with Crippen molar-refractivity contribution in [2.24, 2.45) is 0 Å². The Morgan fingerprint density at radius 1 is 1.20 bits per heavy atom. The highest BCUT2D eigenvalue weighted by molar-refractivity contribution is 5.73. The summed E-state index contributed by atoms with van der Waals surface area (Å²) < 4.78 is 0. The molecule has 116 valence electrons. The van der Waals surface area contributed by atoms with Crippen LogP contribution in [0.4, 0.5) is 4.79 Å². The Labute approximate surface area is 123 Å². The summed E-state index contributed by atoms with van der Waals surface area (Å²) in [6.07, 6.45) is 4.87. The zero-order valence-corrected chi connectivity index (χ0v) is 13.4. The highest BCUT2D eigenvalue weighted by Gasteiger charge is 2.29. The number of hydrogen-bond donors (Lipinski definition) is 1. The summed E-state index contributed by atoms with van der Waals surface area (Å²) in [4.78, 5) is 18.0. The number of rotatable bonds is 5. The van der Waals surface area contributed by atoms with Gasteiger partial charge in [0.05, 0.1) is 0 Å². The van der Waals surface area contributed by atoms with Crippen molar-refractivity contribution in [2.45, 2.75) is 50.7 Å². The fourth-order valence-electron chi connectivity index (χ4n) is 2.88. The molecule has 0 aromatic rings. The minimum absolute atomic E-state index is 0.144. The van der Waals surface area contributed by atoms with Crippen LogP contribution in [0.25, 0.3) is 0 Å². The standard InChI is InChI=1S/C15H30N4O/c1-12(18(4)14-5-6-14)11-16-13-7-9-19(10-8-13)15(20)17(2)3/h12-14,16H,5-11H2,1-4H3. The maximum Gasteiger partial charge on any atom is 0.319 e. The van der Waals surface area contributed by atoms with E-state index in [1.807, 2.05) is 19.0 Å². The number of nitrogens with one attached hydrogen (secondary N) is 1. The topological polar surface area (TPSA) is 38.8 Å². The predicted octanol–water partition coefficient (Wildman–Crippen LogP) is 1.20. The smallest absolute Gasteiger partial charge is 0.319 e. The third-order valence-electron chi connectivity index (χ3n) is 4.67. The van der Waals surface area contributed by atoms with Gasteiger partial charge in [0.25, 0.3) is 0 Å². The minimum atomic E-state index is 0.144. The van der Waals surface area contributed by atoms with Gasteiger partial charge < -0.3 is 15.1 Å². The van der Waals surface area contributed by atoms with E-state index in [1.165, 1.54) is 12.8 Å². The predicted molar refractivity (Wildman–Crippen MR) is 81.9 cm³/mol. The maximum atomic E-state index is 11.9. The van der Waals surface area contributed by atoms with Crippen LogP contribution in [-0.2, 0) is 0 Å². The van der Waals surface area contributed by atoms with Gasteiger partial charge in [-0.25, -0.2) is 4.79 Å². The van der Waals surface area contributed by atoms with Crippen molar-refractivity contribution in [3.8, 4) is 0 Å². The van der Waals surface area contributed by atoms with Gasteiger partial charge in [0.1, 0.15) is 0 Å². The van der Waals surface area contributed by atoms with E-state index < -0.39 is 0 Å². The van der Waals surface area contributed by atoms with E-state index in [2.05, 4.69) is 24.2 Å². The summed E-state index contributed by atoms with van der Waals surface area (Å²) in [5, 5.41) is 3.68. The second kappa shape index (κ2) is 6.76. The highest BCUT2D eigenvalue weighted by Crippen LogP contribution is 2.26. The van der Waals surface area contributed by atoms with Crippen LogP contribution in [0.1, 0.15) is 32.6 Å². The van der Waals surface area contributed by atoms with Gasteiger partial charge >= 0.3 is 6.03 Å². The second-order valence-corrected chi connectivity index (χ2v) is 6.59. The van der Waals surface area contributed by atoms with Gasteiger partial charge in [-0.2, -0.15) is 0 Å². The van der Waals surface area contributed by atoms with Crippen LogP contribution in [0.5, 0.6) is 0 Å². The first-order chi connectivity index (χ1) is 9.49. The van der Waals surface area contributed by atoms with E-state index in [9.17, 15) is 4.79 Å². The van der Waals surface area contributed by atoms with Gasteiger partial charge in [-0.15, -0.1) is 0 Å². The zero-order chi connectivity index (χ0) is 14.7. The molecule has 0 aromatic heterocycles. The third kappa shape index (κ3) is 4.09. The number of hydrogen-bond acceptors (Lipinski definition) is 3. The number of likely N-dealkylation sites (N-methyl/N-ethyl adjacent to an activating group) is 1. The SMILES string of the molecule is CC(CNC1CCN(C(=O)N(C)C)CC1)N(C)C1CC1. The van der Waals surface area contributed by atoms with Gasteiger partial charge in [0.15, 0.2) is 0 Å². The molecule has 1 saturated heterocycles. The summed E-state index contributed by atoms with van der Waals surface area (Å²) in [6.45, 7) is 5.11. The van der Waals surface area contributed by atoms with Crippen LogP contribution in [0.2, 0.25) is 0 Å². The summed E-state index contributed by atoms with van der Waals surface area (Å²) in [5.74, 6) is 0. The van der Waals surface area contributed by atoms with E-state index >= 15 is 0 Å². The molecule has 1 aliphatic carbocycles. The van der Waals surface area contributed by atoms with Gasteiger partial charge in [-0.3, -0.25) is 4.90 Å². The van der Waals surface area contributed by atoms with E-state index in [0.29, 0.717) is 12.1 Å². The summed E-state index contributed by atoms with van der Waals surface area (Å²) in [5.41, 5.74) is 0. The number of carbonyl (C=O) groups excluding carboxylic acids is 1. The fraction of sp³-hybridized carbons (Fsp3) is 0.933. The number of nitrogens with zero attached hydrogens (tertiary/aromatic N) is 3. The molecular formula is C15H30N4O.